The fourth-order valence-electron chi connectivity index (χ4n) is 2.62. The average Bonchev–Trinajstić information content (AvgIpc) is 2.38. The number of aromatic nitrogens is 1. The highest BCUT2D eigenvalue weighted by molar-refractivity contribution is 5.68. The molecule has 1 aromatic heterocycles. The number of pyridine rings is 1. The maximum absolute atomic E-state index is 13.3. The summed E-state index contributed by atoms with van der Waals surface area (Å²) >= 11 is 0. The third kappa shape index (κ3) is 1.86. The lowest BCUT2D eigenvalue weighted by Crippen LogP contribution is -2.33. The molecule has 0 N–H and O–H groups in total. The van der Waals surface area contributed by atoms with Crippen molar-refractivity contribution in [1.82, 2.24) is 4.98 Å². The standard InChI is InChI=1S/C15H15FN2/c1-11-6-7-12-4-2-3-5-14(12)18(11)13-8-9-17-15(16)10-13/h2-5,8-11H,6-7H2,1H3. The van der Waals surface area contributed by atoms with Gasteiger partial charge in [-0.2, -0.15) is 4.39 Å². The van der Waals surface area contributed by atoms with Gasteiger partial charge in [0.25, 0.3) is 0 Å². The minimum Gasteiger partial charge on any atom is -0.338 e. The third-order valence-corrected chi connectivity index (χ3v) is 3.51. The SMILES string of the molecule is CC1CCc2ccccc2N1c1ccnc(F)c1. The molecule has 1 unspecified atom stereocenters. The minimum absolute atomic E-state index is 0.377. The van der Waals surface area contributed by atoms with Gasteiger partial charge < -0.3 is 4.90 Å². The zero-order chi connectivity index (χ0) is 12.5. The molecule has 2 nitrogen and oxygen atoms in total. The third-order valence-electron chi connectivity index (χ3n) is 3.51. The normalized spacial score (nSPS) is 18.6. The number of aryl methyl sites for hydroxylation is 1. The number of para-hydroxylation sites is 1. The van der Waals surface area contributed by atoms with Gasteiger partial charge in [0, 0.05) is 29.7 Å². The van der Waals surface area contributed by atoms with E-state index < -0.39 is 5.95 Å². The first-order valence-electron chi connectivity index (χ1n) is 6.24. The van der Waals surface area contributed by atoms with Crippen molar-refractivity contribution in [2.24, 2.45) is 0 Å². The highest BCUT2D eigenvalue weighted by Crippen LogP contribution is 2.36. The predicted molar refractivity (Wildman–Crippen MR) is 70.6 cm³/mol. The second kappa shape index (κ2) is 4.41. The van der Waals surface area contributed by atoms with E-state index in [1.165, 1.54) is 23.5 Å². The topological polar surface area (TPSA) is 16.1 Å². The van der Waals surface area contributed by atoms with Gasteiger partial charge in [0.15, 0.2) is 0 Å². The molecule has 0 saturated carbocycles. The molecule has 1 aliphatic rings. The molecular weight excluding hydrogens is 227 g/mol. The Bertz CT molecular complexity index is 568. The van der Waals surface area contributed by atoms with Crippen LogP contribution >= 0.6 is 0 Å². The fourth-order valence-corrected chi connectivity index (χ4v) is 2.62. The molecule has 0 spiro atoms. The van der Waals surface area contributed by atoms with Gasteiger partial charge in [-0.1, -0.05) is 18.2 Å². The Hall–Kier alpha value is -1.90. The van der Waals surface area contributed by atoms with E-state index >= 15 is 0 Å². The van der Waals surface area contributed by atoms with E-state index in [1.54, 1.807) is 0 Å². The molecule has 0 fully saturated rings. The molecule has 3 heteroatoms. The molecular formula is C15H15FN2. The van der Waals surface area contributed by atoms with Crippen molar-refractivity contribution < 1.29 is 4.39 Å². The molecule has 92 valence electrons. The molecule has 2 heterocycles. The van der Waals surface area contributed by atoms with Crippen molar-refractivity contribution >= 4 is 11.4 Å². The average molecular weight is 242 g/mol. The number of rotatable bonds is 1. The van der Waals surface area contributed by atoms with E-state index in [-0.39, 0.29) is 0 Å². The molecule has 0 bridgehead atoms. The van der Waals surface area contributed by atoms with Crippen molar-refractivity contribution in [2.45, 2.75) is 25.8 Å². The molecule has 0 radical (unpaired) electrons. The molecule has 0 aliphatic carbocycles. The minimum atomic E-state index is -0.428. The van der Waals surface area contributed by atoms with E-state index in [0.29, 0.717) is 6.04 Å². The summed E-state index contributed by atoms with van der Waals surface area (Å²) in [7, 11) is 0. The molecule has 0 amide bonds. The Morgan fingerprint density at radius 2 is 2.11 bits per heavy atom. The molecule has 0 saturated heterocycles. The number of benzene rings is 1. The zero-order valence-corrected chi connectivity index (χ0v) is 10.3. The molecule has 1 atom stereocenters. The Morgan fingerprint density at radius 1 is 1.28 bits per heavy atom. The monoisotopic (exact) mass is 242 g/mol. The van der Waals surface area contributed by atoms with E-state index in [1.807, 2.05) is 12.1 Å². The summed E-state index contributed by atoms with van der Waals surface area (Å²) in [6.45, 7) is 2.17. The van der Waals surface area contributed by atoms with Crippen LogP contribution in [-0.2, 0) is 6.42 Å². The van der Waals surface area contributed by atoms with Crippen LogP contribution in [0.25, 0.3) is 0 Å². The molecule has 2 aromatic rings. The smallest absolute Gasteiger partial charge is 0.214 e. The Morgan fingerprint density at radius 3 is 2.94 bits per heavy atom. The maximum atomic E-state index is 13.3. The molecule has 1 aliphatic heterocycles. The first kappa shape index (κ1) is 11.2. The van der Waals surface area contributed by atoms with Crippen LogP contribution in [-0.4, -0.2) is 11.0 Å². The van der Waals surface area contributed by atoms with Crippen LogP contribution in [0.3, 0.4) is 0 Å². The maximum Gasteiger partial charge on any atom is 0.214 e. The summed E-state index contributed by atoms with van der Waals surface area (Å²) < 4.78 is 13.3. The second-order valence-electron chi connectivity index (χ2n) is 4.72. The lowest BCUT2D eigenvalue weighted by atomic mass is 9.96. The van der Waals surface area contributed by atoms with Gasteiger partial charge in [-0.15, -0.1) is 0 Å². The summed E-state index contributed by atoms with van der Waals surface area (Å²) in [5, 5.41) is 0. The molecule has 1 aromatic carbocycles. The van der Waals surface area contributed by atoms with Crippen LogP contribution in [0.1, 0.15) is 18.9 Å². The van der Waals surface area contributed by atoms with Crippen LogP contribution in [0, 0.1) is 5.95 Å². The highest BCUT2D eigenvalue weighted by atomic mass is 19.1. The summed E-state index contributed by atoms with van der Waals surface area (Å²) in [5.41, 5.74) is 3.39. The summed E-state index contributed by atoms with van der Waals surface area (Å²) in [4.78, 5) is 5.82. The highest BCUT2D eigenvalue weighted by Gasteiger charge is 2.24. The van der Waals surface area contributed by atoms with Gasteiger partial charge in [-0.3, -0.25) is 0 Å². The van der Waals surface area contributed by atoms with Crippen LogP contribution in [0.15, 0.2) is 42.6 Å². The second-order valence-corrected chi connectivity index (χ2v) is 4.72. The first-order valence-corrected chi connectivity index (χ1v) is 6.24. The number of anilines is 2. The number of fused-ring (bicyclic) bond motifs is 1. The van der Waals surface area contributed by atoms with Gasteiger partial charge in [0.1, 0.15) is 0 Å². The number of nitrogens with zero attached hydrogens (tertiary/aromatic N) is 2. The summed E-state index contributed by atoms with van der Waals surface area (Å²) in [6.07, 6.45) is 3.69. The summed E-state index contributed by atoms with van der Waals surface area (Å²) in [6, 6.07) is 12.1. The van der Waals surface area contributed by atoms with Crippen molar-refractivity contribution in [1.29, 1.82) is 0 Å². The summed E-state index contributed by atoms with van der Waals surface area (Å²) in [5.74, 6) is -0.428. The number of hydrogen-bond acceptors (Lipinski definition) is 2. The van der Waals surface area contributed by atoms with E-state index in [9.17, 15) is 4.39 Å². The number of hydrogen-bond donors (Lipinski definition) is 0. The van der Waals surface area contributed by atoms with Crippen LogP contribution in [0.4, 0.5) is 15.8 Å². The first-order chi connectivity index (χ1) is 8.75. The Balaban J connectivity index is 2.10. The van der Waals surface area contributed by atoms with Crippen LogP contribution in [0.2, 0.25) is 0 Å². The van der Waals surface area contributed by atoms with E-state index in [4.69, 9.17) is 0 Å². The van der Waals surface area contributed by atoms with Gasteiger partial charge in [0.2, 0.25) is 5.95 Å². The van der Waals surface area contributed by atoms with Crippen molar-refractivity contribution in [3.05, 3.63) is 54.1 Å². The van der Waals surface area contributed by atoms with Crippen LogP contribution < -0.4 is 4.90 Å². The van der Waals surface area contributed by atoms with Gasteiger partial charge >= 0.3 is 0 Å². The van der Waals surface area contributed by atoms with Crippen molar-refractivity contribution in [3.63, 3.8) is 0 Å². The van der Waals surface area contributed by atoms with Crippen molar-refractivity contribution in [2.75, 3.05) is 4.90 Å². The van der Waals surface area contributed by atoms with Crippen LogP contribution in [0.5, 0.6) is 0 Å². The van der Waals surface area contributed by atoms with Gasteiger partial charge in [0.05, 0.1) is 0 Å². The van der Waals surface area contributed by atoms with E-state index in [0.717, 1.165) is 18.5 Å². The Kier molecular flexibility index (Phi) is 2.74. The fraction of sp³-hybridized carbons (Fsp3) is 0.267. The molecule has 18 heavy (non-hydrogen) atoms. The Labute approximate surface area is 106 Å². The lowest BCUT2D eigenvalue weighted by Gasteiger charge is -2.37. The predicted octanol–water partition coefficient (Wildman–Crippen LogP) is 3.69. The van der Waals surface area contributed by atoms with Gasteiger partial charge in [-0.05, 0) is 37.5 Å². The van der Waals surface area contributed by atoms with E-state index in [2.05, 4.69) is 35.0 Å². The number of halogens is 1. The van der Waals surface area contributed by atoms with Gasteiger partial charge in [-0.25, -0.2) is 4.98 Å². The zero-order valence-electron chi connectivity index (χ0n) is 10.3. The molecule has 3 rings (SSSR count). The largest absolute Gasteiger partial charge is 0.338 e. The quantitative estimate of drug-likeness (QED) is 0.709. The van der Waals surface area contributed by atoms with Crippen molar-refractivity contribution in [3.8, 4) is 0 Å². The lowest BCUT2D eigenvalue weighted by molar-refractivity contribution is 0.578.